The summed E-state index contributed by atoms with van der Waals surface area (Å²) in [5.74, 6) is 1.12. The van der Waals surface area contributed by atoms with Crippen LogP contribution in [0.1, 0.15) is 25.7 Å². The molecular weight excluding hydrogens is 128 g/mol. The van der Waals surface area contributed by atoms with Crippen molar-refractivity contribution in [1.82, 2.24) is 0 Å². The molecule has 0 aliphatic heterocycles. The maximum atomic E-state index is 8.44. The van der Waals surface area contributed by atoms with Crippen LogP contribution in [0.25, 0.3) is 0 Å². The molecular formula is C8H14O2. The van der Waals surface area contributed by atoms with Crippen molar-refractivity contribution in [2.24, 2.45) is 0 Å². The quantitative estimate of drug-likeness (QED) is 0.602. The Morgan fingerprint density at radius 2 is 2.50 bits per heavy atom. The minimum atomic E-state index is 0.229. The van der Waals surface area contributed by atoms with E-state index in [1.807, 2.05) is 0 Å². The highest BCUT2D eigenvalue weighted by Gasteiger charge is 2.03. The van der Waals surface area contributed by atoms with Gasteiger partial charge in [-0.1, -0.05) is 0 Å². The zero-order chi connectivity index (χ0) is 7.23. The molecule has 1 N–H and O–H groups in total. The van der Waals surface area contributed by atoms with Crippen LogP contribution in [0.3, 0.4) is 0 Å². The summed E-state index contributed by atoms with van der Waals surface area (Å²) in [6.45, 7) is 0.898. The van der Waals surface area contributed by atoms with E-state index in [4.69, 9.17) is 9.84 Å². The van der Waals surface area contributed by atoms with Crippen LogP contribution in [0.4, 0.5) is 0 Å². The predicted octanol–water partition coefficient (Wildman–Crippen LogP) is 1.45. The molecule has 2 heteroatoms. The van der Waals surface area contributed by atoms with Gasteiger partial charge in [-0.25, -0.2) is 0 Å². The molecule has 0 heterocycles. The molecule has 10 heavy (non-hydrogen) atoms. The highest BCUT2D eigenvalue weighted by Crippen LogP contribution is 2.18. The highest BCUT2D eigenvalue weighted by molar-refractivity contribution is 4.99. The van der Waals surface area contributed by atoms with E-state index < -0.39 is 0 Å². The van der Waals surface area contributed by atoms with Crippen molar-refractivity contribution in [1.29, 1.82) is 0 Å². The van der Waals surface area contributed by atoms with E-state index in [-0.39, 0.29) is 6.61 Å². The number of aliphatic hydroxyl groups is 1. The summed E-state index contributed by atoms with van der Waals surface area (Å²) < 4.78 is 5.34. The molecule has 0 unspecified atom stereocenters. The van der Waals surface area contributed by atoms with Gasteiger partial charge < -0.3 is 9.84 Å². The van der Waals surface area contributed by atoms with E-state index in [1.54, 1.807) is 0 Å². The summed E-state index contributed by atoms with van der Waals surface area (Å²) in [6.07, 6.45) is 6.36. The van der Waals surface area contributed by atoms with Crippen molar-refractivity contribution in [2.75, 3.05) is 13.2 Å². The molecule has 0 atom stereocenters. The molecule has 1 rings (SSSR count). The Morgan fingerprint density at radius 3 is 3.10 bits per heavy atom. The van der Waals surface area contributed by atoms with Crippen molar-refractivity contribution < 1.29 is 9.84 Å². The molecule has 0 fully saturated rings. The Labute approximate surface area is 61.5 Å². The third-order valence-electron chi connectivity index (χ3n) is 1.59. The van der Waals surface area contributed by atoms with Crippen LogP contribution in [0.15, 0.2) is 11.8 Å². The van der Waals surface area contributed by atoms with Crippen LogP contribution < -0.4 is 0 Å². The van der Waals surface area contributed by atoms with Gasteiger partial charge in [0.2, 0.25) is 0 Å². The van der Waals surface area contributed by atoms with Gasteiger partial charge >= 0.3 is 0 Å². The summed E-state index contributed by atoms with van der Waals surface area (Å²) in [5, 5.41) is 8.44. The van der Waals surface area contributed by atoms with E-state index in [1.165, 1.54) is 6.42 Å². The minimum absolute atomic E-state index is 0.229. The Hall–Kier alpha value is -0.500. The number of ether oxygens (including phenoxy) is 1. The lowest BCUT2D eigenvalue weighted by Crippen LogP contribution is -1.95. The lowest BCUT2D eigenvalue weighted by atomic mass is 10.4. The summed E-state index contributed by atoms with van der Waals surface area (Å²) in [4.78, 5) is 0. The van der Waals surface area contributed by atoms with Crippen LogP contribution in [0.2, 0.25) is 0 Å². The minimum Gasteiger partial charge on any atom is -0.498 e. The van der Waals surface area contributed by atoms with Crippen LogP contribution in [0, 0.1) is 0 Å². The fraction of sp³-hybridized carbons (Fsp3) is 0.750. The summed E-state index contributed by atoms with van der Waals surface area (Å²) >= 11 is 0. The van der Waals surface area contributed by atoms with Crippen molar-refractivity contribution in [2.45, 2.75) is 25.7 Å². The third-order valence-corrected chi connectivity index (χ3v) is 1.59. The van der Waals surface area contributed by atoms with Gasteiger partial charge in [-0.15, -0.1) is 0 Å². The first-order valence-corrected chi connectivity index (χ1v) is 3.86. The standard InChI is InChI=1S/C8H14O2/c9-6-3-7-10-8-4-1-2-5-8/h4,9H,1-3,5-7H2. The molecule has 0 aromatic heterocycles. The molecule has 1 aliphatic rings. The molecule has 1 aliphatic carbocycles. The zero-order valence-corrected chi connectivity index (χ0v) is 6.18. The summed E-state index contributed by atoms with van der Waals surface area (Å²) in [7, 11) is 0. The average Bonchev–Trinajstić information content (AvgIpc) is 2.41. The van der Waals surface area contributed by atoms with Crippen LogP contribution in [-0.2, 0) is 4.74 Å². The van der Waals surface area contributed by atoms with Gasteiger partial charge in [0.05, 0.1) is 12.4 Å². The van der Waals surface area contributed by atoms with Crippen LogP contribution in [-0.4, -0.2) is 18.3 Å². The fourth-order valence-corrected chi connectivity index (χ4v) is 1.04. The molecule has 0 aromatic carbocycles. The van der Waals surface area contributed by atoms with Gasteiger partial charge in [0, 0.05) is 19.4 Å². The Kier molecular flexibility index (Phi) is 3.30. The van der Waals surface area contributed by atoms with E-state index in [0.717, 1.165) is 25.0 Å². The topological polar surface area (TPSA) is 29.5 Å². The number of hydrogen-bond acceptors (Lipinski definition) is 2. The van der Waals surface area contributed by atoms with Gasteiger partial charge in [0.25, 0.3) is 0 Å². The van der Waals surface area contributed by atoms with Crippen LogP contribution >= 0.6 is 0 Å². The second kappa shape index (κ2) is 4.34. The Bertz CT molecular complexity index is 118. The molecule has 0 amide bonds. The molecule has 58 valence electrons. The number of aliphatic hydroxyl groups excluding tert-OH is 1. The molecule has 0 bridgehead atoms. The zero-order valence-electron chi connectivity index (χ0n) is 6.18. The van der Waals surface area contributed by atoms with Gasteiger partial charge in [0.15, 0.2) is 0 Å². The second-order valence-corrected chi connectivity index (χ2v) is 2.49. The predicted molar refractivity (Wildman–Crippen MR) is 39.6 cm³/mol. The molecule has 0 aromatic rings. The number of rotatable bonds is 4. The van der Waals surface area contributed by atoms with E-state index >= 15 is 0 Å². The summed E-state index contributed by atoms with van der Waals surface area (Å²) in [6, 6.07) is 0. The SMILES string of the molecule is OCCCOC1=CCCC1. The maximum absolute atomic E-state index is 8.44. The number of allylic oxidation sites excluding steroid dienone is 2. The first kappa shape index (κ1) is 7.61. The van der Waals surface area contributed by atoms with Gasteiger partial charge in [-0.2, -0.15) is 0 Å². The fourth-order valence-electron chi connectivity index (χ4n) is 1.04. The van der Waals surface area contributed by atoms with E-state index in [0.29, 0.717) is 6.61 Å². The monoisotopic (exact) mass is 142 g/mol. The average molecular weight is 142 g/mol. The smallest absolute Gasteiger partial charge is 0.0920 e. The van der Waals surface area contributed by atoms with Crippen molar-refractivity contribution in [3.8, 4) is 0 Å². The second-order valence-electron chi connectivity index (χ2n) is 2.49. The lowest BCUT2D eigenvalue weighted by Gasteiger charge is -2.03. The number of hydrogen-bond donors (Lipinski definition) is 1. The van der Waals surface area contributed by atoms with Gasteiger partial charge in [0.1, 0.15) is 0 Å². The third kappa shape index (κ3) is 2.40. The van der Waals surface area contributed by atoms with Crippen molar-refractivity contribution in [3.05, 3.63) is 11.8 Å². The molecule has 0 radical (unpaired) electrons. The van der Waals surface area contributed by atoms with Crippen molar-refractivity contribution in [3.63, 3.8) is 0 Å². The first-order valence-electron chi connectivity index (χ1n) is 3.86. The van der Waals surface area contributed by atoms with Gasteiger partial charge in [-0.3, -0.25) is 0 Å². The summed E-state index contributed by atoms with van der Waals surface area (Å²) in [5.41, 5.74) is 0. The van der Waals surface area contributed by atoms with Gasteiger partial charge in [-0.05, 0) is 18.9 Å². The maximum Gasteiger partial charge on any atom is 0.0920 e. The van der Waals surface area contributed by atoms with Crippen LogP contribution in [0.5, 0.6) is 0 Å². The molecule has 0 spiro atoms. The first-order chi connectivity index (χ1) is 4.93. The van der Waals surface area contributed by atoms with E-state index in [2.05, 4.69) is 6.08 Å². The Morgan fingerprint density at radius 1 is 1.60 bits per heavy atom. The van der Waals surface area contributed by atoms with Crippen molar-refractivity contribution >= 4 is 0 Å². The Balaban J connectivity index is 2.01. The highest BCUT2D eigenvalue weighted by atomic mass is 16.5. The lowest BCUT2D eigenvalue weighted by molar-refractivity contribution is 0.172. The molecule has 2 nitrogen and oxygen atoms in total. The normalized spacial score (nSPS) is 17.1. The molecule has 0 saturated heterocycles. The molecule has 0 saturated carbocycles. The largest absolute Gasteiger partial charge is 0.498 e. The van der Waals surface area contributed by atoms with E-state index in [9.17, 15) is 0 Å².